The second-order valence-corrected chi connectivity index (χ2v) is 10.7. The van der Waals surface area contributed by atoms with Crippen LogP contribution in [0.2, 0.25) is 0 Å². The van der Waals surface area contributed by atoms with Crippen LogP contribution in [0.1, 0.15) is 73.3 Å². The first kappa shape index (κ1) is 22.7. The molecule has 1 aromatic carbocycles. The number of carbonyl (C=O) groups excluding carboxylic acids is 1. The maximum Gasteiger partial charge on any atom is 0.259 e. The standard InChI is InChI=1S/C27H35N5O3/c1-18-14-23-21(24-22(26(34)30-23)16-29-32(24)19-6-12-35-13-7-19)15-20(18)25(33)28-17-27(8-5-9-27)31-10-3-2-4-11-31/h14-16,19H,2-13,17H2,1H3,(H,28,33)(H,30,34). The second-order valence-electron chi connectivity index (χ2n) is 10.7. The smallest absolute Gasteiger partial charge is 0.259 e. The van der Waals surface area contributed by atoms with E-state index in [0.29, 0.717) is 30.7 Å². The van der Waals surface area contributed by atoms with Crippen LogP contribution in [0, 0.1) is 6.92 Å². The molecule has 3 fully saturated rings. The molecule has 3 aliphatic rings. The first-order valence-corrected chi connectivity index (χ1v) is 13.2. The Labute approximate surface area is 205 Å². The number of hydrogen-bond donors (Lipinski definition) is 2. The van der Waals surface area contributed by atoms with E-state index in [4.69, 9.17) is 4.74 Å². The zero-order valence-electron chi connectivity index (χ0n) is 20.6. The molecular weight excluding hydrogens is 442 g/mol. The van der Waals surface area contributed by atoms with Crippen LogP contribution < -0.4 is 10.9 Å². The predicted molar refractivity (Wildman–Crippen MR) is 136 cm³/mol. The lowest BCUT2D eigenvalue weighted by Gasteiger charge is -2.52. The number of likely N-dealkylation sites (tertiary alicyclic amines) is 1. The van der Waals surface area contributed by atoms with Crippen molar-refractivity contribution in [2.75, 3.05) is 32.8 Å². The van der Waals surface area contributed by atoms with Crippen molar-refractivity contribution in [3.63, 3.8) is 0 Å². The number of rotatable bonds is 5. The number of aryl methyl sites for hydroxylation is 1. The number of ether oxygens (including phenoxy) is 1. The van der Waals surface area contributed by atoms with Gasteiger partial charge in [0.05, 0.1) is 28.7 Å². The van der Waals surface area contributed by atoms with E-state index in [1.54, 1.807) is 6.20 Å². The Morgan fingerprint density at radius 2 is 1.91 bits per heavy atom. The number of aromatic amines is 1. The lowest BCUT2D eigenvalue weighted by molar-refractivity contribution is 0.00312. The van der Waals surface area contributed by atoms with Crippen molar-refractivity contribution in [1.29, 1.82) is 0 Å². The molecule has 1 aliphatic carbocycles. The first-order valence-electron chi connectivity index (χ1n) is 13.2. The number of fused-ring (bicyclic) bond motifs is 3. The van der Waals surface area contributed by atoms with Gasteiger partial charge in [0.15, 0.2) is 0 Å². The summed E-state index contributed by atoms with van der Waals surface area (Å²) in [5.41, 5.74) is 3.07. The largest absolute Gasteiger partial charge is 0.381 e. The van der Waals surface area contributed by atoms with E-state index in [9.17, 15) is 9.59 Å². The van der Waals surface area contributed by atoms with Gasteiger partial charge in [-0.2, -0.15) is 5.10 Å². The fourth-order valence-corrected chi connectivity index (χ4v) is 6.34. The number of hydrogen-bond acceptors (Lipinski definition) is 5. The molecule has 186 valence electrons. The third kappa shape index (κ3) is 3.96. The Bertz CT molecular complexity index is 1310. The molecule has 0 bridgehead atoms. The van der Waals surface area contributed by atoms with E-state index >= 15 is 0 Å². The number of H-pyrrole nitrogens is 1. The fourth-order valence-electron chi connectivity index (χ4n) is 6.34. The van der Waals surface area contributed by atoms with Crippen LogP contribution in [-0.4, -0.2) is 64.0 Å². The monoisotopic (exact) mass is 477 g/mol. The Hall–Kier alpha value is -2.71. The molecule has 1 saturated carbocycles. The number of pyridine rings is 1. The second kappa shape index (κ2) is 9.06. The van der Waals surface area contributed by atoms with Crippen LogP contribution >= 0.6 is 0 Å². The minimum absolute atomic E-state index is 0.0378. The number of nitrogens with zero attached hydrogens (tertiary/aromatic N) is 3. The highest BCUT2D eigenvalue weighted by molar-refractivity contribution is 6.07. The van der Waals surface area contributed by atoms with Crippen LogP contribution in [0.25, 0.3) is 21.8 Å². The van der Waals surface area contributed by atoms with Crippen LogP contribution in [0.5, 0.6) is 0 Å². The summed E-state index contributed by atoms with van der Waals surface area (Å²) in [5, 5.41) is 9.32. The molecule has 0 unspecified atom stereocenters. The summed E-state index contributed by atoms with van der Waals surface area (Å²) in [6, 6.07) is 4.06. The Morgan fingerprint density at radius 3 is 2.63 bits per heavy atom. The highest BCUT2D eigenvalue weighted by atomic mass is 16.5. The molecule has 2 aromatic heterocycles. The van der Waals surface area contributed by atoms with Gasteiger partial charge in [-0.3, -0.25) is 19.2 Å². The highest BCUT2D eigenvalue weighted by Crippen LogP contribution is 2.39. The van der Waals surface area contributed by atoms with Crippen LogP contribution in [0.4, 0.5) is 0 Å². The van der Waals surface area contributed by atoms with Crippen molar-refractivity contribution in [2.45, 2.75) is 69.9 Å². The van der Waals surface area contributed by atoms with Crippen LogP contribution in [0.3, 0.4) is 0 Å². The van der Waals surface area contributed by atoms with Gasteiger partial charge in [-0.05, 0) is 82.7 Å². The third-order valence-corrected chi connectivity index (χ3v) is 8.58. The quantitative estimate of drug-likeness (QED) is 0.585. The summed E-state index contributed by atoms with van der Waals surface area (Å²) in [7, 11) is 0. The number of amides is 1. The number of benzene rings is 1. The van der Waals surface area contributed by atoms with Crippen molar-refractivity contribution >= 4 is 27.7 Å². The zero-order chi connectivity index (χ0) is 24.0. The zero-order valence-corrected chi connectivity index (χ0v) is 20.6. The predicted octanol–water partition coefficient (Wildman–Crippen LogP) is 3.68. The van der Waals surface area contributed by atoms with Gasteiger partial charge in [0.1, 0.15) is 0 Å². The summed E-state index contributed by atoms with van der Waals surface area (Å²) in [5.74, 6) is -0.0378. The first-order chi connectivity index (χ1) is 17.1. The third-order valence-electron chi connectivity index (χ3n) is 8.58. The average molecular weight is 478 g/mol. The van der Waals surface area contributed by atoms with E-state index in [0.717, 1.165) is 60.8 Å². The van der Waals surface area contributed by atoms with Gasteiger partial charge in [-0.25, -0.2) is 0 Å². The van der Waals surface area contributed by atoms with Crippen LogP contribution in [-0.2, 0) is 4.74 Å². The van der Waals surface area contributed by atoms with E-state index < -0.39 is 0 Å². The maximum atomic E-state index is 13.5. The van der Waals surface area contributed by atoms with Crippen molar-refractivity contribution in [2.24, 2.45) is 0 Å². The Balaban J connectivity index is 1.34. The topological polar surface area (TPSA) is 92.2 Å². The van der Waals surface area contributed by atoms with Gasteiger partial charge in [0.25, 0.3) is 11.5 Å². The lowest BCUT2D eigenvalue weighted by atomic mass is 9.74. The molecule has 35 heavy (non-hydrogen) atoms. The van der Waals surface area contributed by atoms with Crippen molar-refractivity contribution in [3.8, 4) is 0 Å². The molecule has 2 aliphatic heterocycles. The summed E-state index contributed by atoms with van der Waals surface area (Å²) in [4.78, 5) is 31.9. The minimum Gasteiger partial charge on any atom is -0.381 e. The maximum absolute atomic E-state index is 13.5. The molecule has 8 nitrogen and oxygen atoms in total. The van der Waals surface area contributed by atoms with E-state index in [2.05, 4.69) is 20.3 Å². The van der Waals surface area contributed by atoms with Gasteiger partial charge >= 0.3 is 0 Å². The van der Waals surface area contributed by atoms with Crippen molar-refractivity contribution in [3.05, 3.63) is 39.8 Å². The summed E-state index contributed by atoms with van der Waals surface area (Å²) in [6.07, 6.45) is 10.8. The fraction of sp³-hybridized carbons (Fsp3) is 0.593. The van der Waals surface area contributed by atoms with E-state index in [1.807, 2.05) is 23.7 Å². The molecule has 1 amide bonds. The molecule has 4 heterocycles. The summed E-state index contributed by atoms with van der Waals surface area (Å²) >= 11 is 0. The molecule has 2 saturated heterocycles. The van der Waals surface area contributed by atoms with Crippen molar-refractivity contribution < 1.29 is 9.53 Å². The Morgan fingerprint density at radius 1 is 1.14 bits per heavy atom. The number of piperidine rings is 1. The molecule has 3 aromatic rings. The number of nitrogens with one attached hydrogen (secondary N) is 2. The van der Waals surface area contributed by atoms with Gasteiger partial charge in [0, 0.05) is 36.2 Å². The average Bonchev–Trinajstić information content (AvgIpc) is 3.30. The van der Waals surface area contributed by atoms with Gasteiger partial charge in [0.2, 0.25) is 0 Å². The molecule has 8 heteroatoms. The molecule has 6 rings (SSSR count). The molecule has 0 atom stereocenters. The van der Waals surface area contributed by atoms with Gasteiger partial charge < -0.3 is 15.0 Å². The number of aromatic nitrogens is 3. The van der Waals surface area contributed by atoms with Gasteiger partial charge in [-0.15, -0.1) is 0 Å². The molecular formula is C27H35N5O3. The minimum atomic E-state index is -0.143. The number of carbonyl (C=O) groups is 1. The molecule has 2 N–H and O–H groups in total. The molecule has 0 radical (unpaired) electrons. The SMILES string of the molecule is Cc1cc2[nH]c(=O)c3cnn(C4CCOCC4)c3c2cc1C(=O)NCC1(N2CCCCC2)CCC1. The van der Waals surface area contributed by atoms with Gasteiger partial charge in [-0.1, -0.05) is 6.42 Å². The van der Waals surface area contributed by atoms with E-state index in [-0.39, 0.29) is 23.0 Å². The van der Waals surface area contributed by atoms with Crippen LogP contribution in [0.15, 0.2) is 23.1 Å². The Kier molecular flexibility index (Phi) is 5.89. The lowest BCUT2D eigenvalue weighted by Crippen LogP contribution is -2.61. The summed E-state index contributed by atoms with van der Waals surface area (Å²) < 4.78 is 7.51. The highest BCUT2D eigenvalue weighted by Gasteiger charge is 2.42. The molecule has 0 spiro atoms. The van der Waals surface area contributed by atoms with Crippen molar-refractivity contribution in [1.82, 2.24) is 25.0 Å². The summed E-state index contributed by atoms with van der Waals surface area (Å²) in [6.45, 7) is 6.32. The van der Waals surface area contributed by atoms with E-state index in [1.165, 1.54) is 25.7 Å². The normalized spacial score (nSPS) is 21.3.